The number of aryl methyl sites for hydroxylation is 1. The molecule has 0 aromatic heterocycles. The van der Waals surface area contributed by atoms with Crippen LogP contribution in [0.1, 0.15) is 37.4 Å². The number of rotatable bonds is 5. The summed E-state index contributed by atoms with van der Waals surface area (Å²) < 4.78 is 0. The molecule has 1 amide bonds. The minimum absolute atomic E-state index is 0. The summed E-state index contributed by atoms with van der Waals surface area (Å²) in [7, 11) is 0. The van der Waals surface area contributed by atoms with Crippen molar-refractivity contribution in [1.29, 1.82) is 0 Å². The van der Waals surface area contributed by atoms with Gasteiger partial charge in [-0.1, -0.05) is 31.2 Å². The van der Waals surface area contributed by atoms with E-state index < -0.39 is 0 Å². The van der Waals surface area contributed by atoms with E-state index in [1.165, 1.54) is 5.56 Å². The molecule has 4 heteroatoms. The van der Waals surface area contributed by atoms with Crippen molar-refractivity contribution in [1.82, 2.24) is 5.32 Å². The SMILES string of the molecule is CCc1ccc(C(C)NC(=O)CCN)cc1.Cl. The largest absolute Gasteiger partial charge is 0.350 e. The molecule has 0 aliphatic rings. The Hall–Kier alpha value is -1.06. The first-order valence-electron chi connectivity index (χ1n) is 5.75. The molecule has 0 bridgehead atoms. The highest BCUT2D eigenvalue weighted by Crippen LogP contribution is 2.13. The quantitative estimate of drug-likeness (QED) is 0.849. The molecule has 1 aromatic rings. The number of hydrogen-bond acceptors (Lipinski definition) is 2. The summed E-state index contributed by atoms with van der Waals surface area (Å²) in [5, 5.41) is 2.92. The summed E-state index contributed by atoms with van der Waals surface area (Å²) in [5.74, 6) is 0.00886. The molecule has 1 rings (SSSR count). The first-order chi connectivity index (χ1) is 7.67. The normalized spacial score (nSPS) is 11.5. The Morgan fingerprint density at radius 2 is 1.94 bits per heavy atom. The smallest absolute Gasteiger partial charge is 0.221 e. The summed E-state index contributed by atoms with van der Waals surface area (Å²) in [6, 6.07) is 8.37. The van der Waals surface area contributed by atoms with Crippen LogP contribution >= 0.6 is 12.4 Å². The second kappa shape index (κ2) is 8.09. The molecule has 96 valence electrons. The van der Waals surface area contributed by atoms with Gasteiger partial charge in [0.25, 0.3) is 0 Å². The number of benzene rings is 1. The number of carbonyl (C=O) groups is 1. The van der Waals surface area contributed by atoms with Crippen molar-refractivity contribution in [2.24, 2.45) is 5.73 Å². The van der Waals surface area contributed by atoms with Crippen LogP contribution < -0.4 is 11.1 Å². The van der Waals surface area contributed by atoms with E-state index in [-0.39, 0.29) is 24.4 Å². The Balaban J connectivity index is 0.00000256. The molecular weight excluding hydrogens is 236 g/mol. The van der Waals surface area contributed by atoms with E-state index in [1.807, 2.05) is 6.92 Å². The van der Waals surface area contributed by atoms with Crippen LogP contribution in [0.3, 0.4) is 0 Å². The summed E-state index contributed by atoms with van der Waals surface area (Å²) >= 11 is 0. The minimum atomic E-state index is 0. The molecule has 0 radical (unpaired) electrons. The van der Waals surface area contributed by atoms with E-state index in [2.05, 4.69) is 36.5 Å². The number of hydrogen-bond donors (Lipinski definition) is 2. The lowest BCUT2D eigenvalue weighted by atomic mass is 10.0. The van der Waals surface area contributed by atoms with Crippen LogP contribution in [0.15, 0.2) is 24.3 Å². The third kappa shape index (κ3) is 5.20. The molecule has 0 saturated carbocycles. The van der Waals surface area contributed by atoms with Crippen molar-refractivity contribution >= 4 is 18.3 Å². The third-order valence-corrected chi connectivity index (χ3v) is 2.64. The molecule has 1 unspecified atom stereocenters. The highest BCUT2D eigenvalue weighted by atomic mass is 35.5. The molecular formula is C13H21ClN2O. The monoisotopic (exact) mass is 256 g/mol. The van der Waals surface area contributed by atoms with Crippen LogP contribution in [0.4, 0.5) is 0 Å². The Kier molecular flexibility index (Phi) is 7.59. The lowest BCUT2D eigenvalue weighted by Gasteiger charge is -2.14. The molecule has 3 nitrogen and oxygen atoms in total. The number of halogens is 1. The molecule has 17 heavy (non-hydrogen) atoms. The van der Waals surface area contributed by atoms with E-state index >= 15 is 0 Å². The van der Waals surface area contributed by atoms with E-state index in [0.29, 0.717) is 13.0 Å². The zero-order valence-electron chi connectivity index (χ0n) is 10.4. The van der Waals surface area contributed by atoms with Gasteiger partial charge >= 0.3 is 0 Å². The zero-order valence-corrected chi connectivity index (χ0v) is 11.2. The summed E-state index contributed by atoms with van der Waals surface area (Å²) in [6.45, 7) is 4.50. The van der Waals surface area contributed by atoms with Crippen molar-refractivity contribution in [2.75, 3.05) is 6.54 Å². The van der Waals surface area contributed by atoms with Crippen LogP contribution in [0.5, 0.6) is 0 Å². The molecule has 0 saturated heterocycles. The number of nitrogens with two attached hydrogens (primary N) is 1. The average Bonchev–Trinajstić information content (AvgIpc) is 2.29. The molecule has 0 fully saturated rings. The fraction of sp³-hybridized carbons (Fsp3) is 0.462. The van der Waals surface area contributed by atoms with E-state index in [1.54, 1.807) is 0 Å². The van der Waals surface area contributed by atoms with Gasteiger partial charge in [-0.15, -0.1) is 12.4 Å². The second-order valence-corrected chi connectivity index (χ2v) is 3.92. The molecule has 0 heterocycles. The predicted octanol–water partition coefficient (Wildman–Crippen LogP) is 2.20. The van der Waals surface area contributed by atoms with Crippen LogP contribution in [-0.4, -0.2) is 12.5 Å². The van der Waals surface area contributed by atoms with Crippen molar-refractivity contribution < 1.29 is 4.79 Å². The molecule has 1 atom stereocenters. The van der Waals surface area contributed by atoms with Crippen LogP contribution in [-0.2, 0) is 11.2 Å². The van der Waals surface area contributed by atoms with Crippen molar-refractivity contribution in [3.8, 4) is 0 Å². The van der Waals surface area contributed by atoms with Gasteiger partial charge in [-0.25, -0.2) is 0 Å². The molecule has 1 aromatic carbocycles. The van der Waals surface area contributed by atoms with Crippen LogP contribution in [0.2, 0.25) is 0 Å². The maximum atomic E-state index is 11.4. The zero-order chi connectivity index (χ0) is 12.0. The van der Waals surface area contributed by atoms with Crippen molar-refractivity contribution in [3.63, 3.8) is 0 Å². The van der Waals surface area contributed by atoms with Gasteiger partial charge < -0.3 is 11.1 Å². The number of amides is 1. The Morgan fingerprint density at radius 3 is 2.41 bits per heavy atom. The summed E-state index contributed by atoms with van der Waals surface area (Å²) in [4.78, 5) is 11.4. The van der Waals surface area contributed by atoms with Gasteiger partial charge in [0, 0.05) is 13.0 Å². The maximum absolute atomic E-state index is 11.4. The second-order valence-electron chi connectivity index (χ2n) is 3.92. The maximum Gasteiger partial charge on any atom is 0.221 e. The standard InChI is InChI=1S/C13H20N2O.ClH/c1-3-11-4-6-12(7-5-11)10(2)15-13(16)8-9-14;/h4-7,10H,3,8-9,14H2,1-2H3,(H,15,16);1H. The Morgan fingerprint density at radius 1 is 1.35 bits per heavy atom. The minimum Gasteiger partial charge on any atom is -0.350 e. The highest BCUT2D eigenvalue weighted by molar-refractivity contribution is 5.85. The molecule has 0 aliphatic carbocycles. The Labute approximate surface area is 109 Å². The van der Waals surface area contributed by atoms with E-state index in [4.69, 9.17) is 5.73 Å². The lowest BCUT2D eigenvalue weighted by Crippen LogP contribution is -2.28. The first kappa shape index (κ1) is 15.9. The fourth-order valence-electron chi connectivity index (χ4n) is 1.57. The van der Waals surface area contributed by atoms with E-state index in [0.717, 1.165) is 12.0 Å². The number of nitrogens with one attached hydrogen (secondary N) is 1. The average molecular weight is 257 g/mol. The summed E-state index contributed by atoms with van der Waals surface area (Å²) in [5.41, 5.74) is 7.76. The fourth-order valence-corrected chi connectivity index (χ4v) is 1.57. The van der Waals surface area contributed by atoms with Crippen LogP contribution in [0, 0.1) is 0 Å². The van der Waals surface area contributed by atoms with E-state index in [9.17, 15) is 4.79 Å². The number of carbonyl (C=O) groups excluding carboxylic acids is 1. The van der Waals surface area contributed by atoms with Gasteiger partial charge in [-0.2, -0.15) is 0 Å². The van der Waals surface area contributed by atoms with Gasteiger partial charge in [0.2, 0.25) is 5.91 Å². The third-order valence-electron chi connectivity index (χ3n) is 2.64. The predicted molar refractivity (Wildman–Crippen MR) is 73.3 cm³/mol. The first-order valence-corrected chi connectivity index (χ1v) is 5.75. The van der Waals surface area contributed by atoms with Crippen LogP contribution in [0.25, 0.3) is 0 Å². The van der Waals surface area contributed by atoms with Gasteiger partial charge in [0.15, 0.2) is 0 Å². The molecule has 0 spiro atoms. The highest BCUT2D eigenvalue weighted by Gasteiger charge is 2.08. The topological polar surface area (TPSA) is 55.1 Å². The molecule has 0 aliphatic heterocycles. The van der Waals surface area contributed by atoms with Gasteiger partial charge in [-0.3, -0.25) is 4.79 Å². The van der Waals surface area contributed by atoms with Gasteiger partial charge in [-0.05, 0) is 24.5 Å². The van der Waals surface area contributed by atoms with Gasteiger partial charge in [0.1, 0.15) is 0 Å². The van der Waals surface area contributed by atoms with Gasteiger partial charge in [0.05, 0.1) is 6.04 Å². The lowest BCUT2D eigenvalue weighted by molar-refractivity contribution is -0.121. The summed E-state index contributed by atoms with van der Waals surface area (Å²) in [6.07, 6.45) is 1.42. The Bertz CT molecular complexity index is 338. The van der Waals surface area contributed by atoms with Crippen molar-refractivity contribution in [2.45, 2.75) is 32.7 Å². The van der Waals surface area contributed by atoms with Crippen molar-refractivity contribution in [3.05, 3.63) is 35.4 Å². The molecule has 3 N–H and O–H groups in total.